The molecule has 0 rings (SSSR count). The maximum atomic E-state index is 11.7. The molecule has 2 amide bonds. The Morgan fingerprint density at radius 1 is 1.00 bits per heavy atom. The van der Waals surface area contributed by atoms with E-state index in [9.17, 15) is 19.2 Å². The number of rotatable bonds is 8. The van der Waals surface area contributed by atoms with E-state index in [1.165, 1.54) is 6.08 Å². The second kappa shape index (κ2) is 8.76. The van der Waals surface area contributed by atoms with Gasteiger partial charge in [0.2, 0.25) is 0 Å². The van der Waals surface area contributed by atoms with Gasteiger partial charge in [-0.3, -0.25) is 4.79 Å². The van der Waals surface area contributed by atoms with Gasteiger partial charge in [-0.1, -0.05) is 32.9 Å². The first-order valence-corrected chi connectivity index (χ1v) is 6.86. The maximum absolute atomic E-state index is 11.7. The zero-order valence-electron chi connectivity index (χ0n) is 13.2. The first-order chi connectivity index (χ1) is 10.4. The number of carbonyl (C=O) groups is 4. The van der Waals surface area contributed by atoms with Gasteiger partial charge in [-0.2, -0.15) is 0 Å². The maximum Gasteiger partial charge on any atom is 0.330 e. The minimum absolute atomic E-state index is 0.295. The standard InChI is InChI=1S/C14H22N2O7/c1-14(2,3)7-6-9(12(21)22)16-13(23)15-8(11(19)20)4-5-10(17)18/h6-9H,4-5H2,1-3H3,(H,17,18)(H,19,20)(H,21,22)(H2,15,16,23). The predicted octanol–water partition coefficient (Wildman–Crippen LogP) is 0.659. The molecule has 0 saturated heterocycles. The molecule has 0 heterocycles. The Morgan fingerprint density at radius 3 is 1.96 bits per heavy atom. The summed E-state index contributed by atoms with van der Waals surface area (Å²) in [5, 5.41) is 30.7. The molecule has 0 bridgehead atoms. The van der Waals surface area contributed by atoms with E-state index in [0.717, 1.165) is 0 Å². The summed E-state index contributed by atoms with van der Waals surface area (Å²) in [6.07, 6.45) is 2.14. The summed E-state index contributed by atoms with van der Waals surface area (Å²) in [5.74, 6) is -3.91. The summed E-state index contributed by atoms with van der Waals surface area (Å²) in [7, 11) is 0. The minimum atomic E-state index is -1.42. The summed E-state index contributed by atoms with van der Waals surface area (Å²) in [6, 6.07) is -3.76. The van der Waals surface area contributed by atoms with Crippen LogP contribution in [-0.4, -0.2) is 51.3 Å². The number of carboxylic acids is 3. The summed E-state index contributed by atoms with van der Waals surface area (Å²) in [4.78, 5) is 44.2. The monoisotopic (exact) mass is 330 g/mol. The van der Waals surface area contributed by atoms with Gasteiger partial charge in [0.25, 0.3) is 0 Å². The van der Waals surface area contributed by atoms with Crippen molar-refractivity contribution in [1.82, 2.24) is 10.6 Å². The Kier molecular flexibility index (Phi) is 7.78. The van der Waals surface area contributed by atoms with Crippen LogP contribution in [-0.2, 0) is 14.4 Å². The fourth-order valence-corrected chi connectivity index (χ4v) is 1.44. The molecular formula is C14H22N2O7. The van der Waals surface area contributed by atoms with Crippen LogP contribution in [0.2, 0.25) is 0 Å². The van der Waals surface area contributed by atoms with Crippen molar-refractivity contribution < 1.29 is 34.5 Å². The Balaban J connectivity index is 4.78. The van der Waals surface area contributed by atoms with E-state index in [0.29, 0.717) is 0 Å². The normalized spacial score (nSPS) is 14.0. The van der Waals surface area contributed by atoms with Crippen LogP contribution in [0, 0.1) is 5.41 Å². The van der Waals surface area contributed by atoms with Crippen LogP contribution in [0.15, 0.2) is 12.2 Å². The molecule has 130 valence electrons. The second-order valence-electron chi connectivity index (χ2n) is 5.98. The largest absolute Gasteiger partial charge is 0.481 e. The van der Waals surface area contributed by atoms with Crippen molar-refractivity contribution in [2.24, 2.45) is 5.41 Å². The van der Waals surface area contributed by atoms with E-state index in [4.69, 9.17) is 15.3 Å². The molecule has 0 spiro atoms. The van der Waals surface area contributed by atoms with Crippen LogP contribution < -0.4 is 10.6 Å². The van der Waals surface area contributed by atoms with Gasteiger partial charge in [-0.15, -0.1) is 0 Å². The van der Waals surface area contributed by atoms with Gasteiger partial charge >= 0.3 is 23.9 Å². The molecule has 0 aromatic rings. The third kappa shape index (κ3) is 9.88. The van der Waals surface area contributed by atoms with Crippen molar-refractivity contribution in [2.45, 2.75) is 45.7 Å². The third-order valence-electron chi connectivity index (χ3n) is 2.59. The zero-order chi connectivity index (χ0) is 18.2. The number of carbonyl (C=O) groups excluding carboxylic acids is 1. The highest BCUT2D eigenvalue weighted by Crippen LogP contribution is 2.14. The zero-order valence-corrected chi connectivity index (χ0v) is 13.2. The van der Waals surface area contributed by atoms with Crippen LogP contribution in [0.25, 0.3) is 0 Å². The van der Waals surface area contributed by atoms with Crippen LogP contribution in [0.3, 0.4) is 0 Å². The lowest BCUT2D eigenvalue weighted by Crippen LogP contribution is -2.50. The quantitative estimate of drug-likeness (QED) is 0.410. The van der Waals surface area contributed by atoms with Gasteiger partial charge in [0, 0.05) is 6.42 Å². The van der Waals surface area contributed by atoms with Gasteiger partial charge in [0.15, 0.2) is 0 Å². The molecule has 0 aliphatic carbocycles. The van der Waals surface area contributed by atoms with Gasteiger partial charge in [0.05, 0.1) is 0 Å². The Bertz CT molecular complexity index is 494. The SMILES string of the molecule is CC(C)(C)C=CC(NC(=O)NC(CCC(=O)O)C(=O)O)C(=O)O. The molecule has 0 aliphatic rings. The molecule has 2 atom stereocenters. The van der Waals surface area contributed by atoms with Crippen LogP contribution in [0.1, 0.15) is 33.6 Å². The number of allylic oxidation sites excluding steroid dienone is 1. The van der Waals surface area contributed by atoms with E-state index in [1.807, 2.05) is 26.1 Å². The summed E-state index contributed by atoms with van der Waals surface area (Å²) in [5.41, 5.74) is -0.295. The number of urea groups is 1. The van der Waals surface area contributed by atoms with E-state index in [1.54, 1.807) is 6.08 Å². The van der Waals surface area contributed by atoms with E-state index in [2.05, 4.69) is 5.32 Å². The van der Waals surface area contributed by atoms with Gasteiger partial charge in [-0.05, 0) is 11.8 Å². The number of carboxylic acid groups (broad SMARTS) is 3. The van der Waals surface area contributed by atoms with Crippen molar-refractivity contribution >= 4 is 23.9 Å². The van der Waals surface area contributed by atoms with Crippen LogP contribution in [0.5, 0.6) is 0 Å². The average molecular weight is 330 g/mol. The predicted molar refractivity (Wildman–Crippen MR) is 80.0 cm³/mol. The lowest BCUT2D eigenvalue weighted by molar-refractivity contribution is -0.140. The molecule has 0 aliphatic heterocycles. The molecule has 9 nitrogen and oxygen atoms in total. The lowest BCUT2D eigenvalue weighted by atomic mass is 9.95. The van der Waals surface area contributed by atoms with Crippen molar-refractivity contribution in [3.63, 3.8) is 0 Å². The van der Waals surface area contributed by atoms with Crippen LogP contribution in [0.4, 0.5) is 4.79 Å². The number of amides is 2. The molecule has 0 aromatic carbocycles. The van der Waals surface area contributed by atoms with E-state index in [-0.39, 0.29) is 11.8 Å². The number of hydrogen-bond acceptors (Lipinski definition) is 4. The molecule has 9 heteroatoms. The summed E-state index contributed by atoms with van der Waals surface area (Å²) >= 11 is 0. The molecule has 2 unspecified atom stereocenters. The lowest BCUT2D eigenvalue weighted by Gasteiger charge is -2.18. The first kappa shape index (κ1) is 20.4. The molecule has 0 saturated carbocycles. The minimum Gasteiger partial charge on any atom is -0.481 e. The summed E-state index contributed by atoms with van der Waals surface area (Å²) in [6.45, 7) is 5.53. The van der Waals surface area contributed by atoms with Crippen molar-refractivity contribution in [1.29, 1.82) is 0 Å². The fourth-order valence-electron chi connectivity index (χ4n) is 1.44. The highest BCUT2D eigenvalue weighted by molar-refractivity contribution is 5.87. The van der Waals surface area contributed by atoms with Crippen molar-refractivity contribution in [3.05, 3.63) is 12.2 Å². The molecule has 5 N–H and O–H groups in total. The average Bonchev–Trinajstić information content (AvgIpc) is 2.37. The molecule has 0 fully saturated rings. The number of aliphatic carboxylic acids is 3. The third-order valence-corrected chi connectivity index (χ3v) is 2.59. The van der Waals surface area contributed by atoms with Crippen molar-refractivity contribution in [3.8, 4) is 0 Å². The van der Waals surface area contributed by atoms with Gasteiger partial charge in [-0.25, -0.2) is 14.4 Å². The van der Waals surface area contributed by atoms with Gasteiger partial charge < -0.3 is 26.0 Å². The van der Waals surface area contributed by atoms with E-state index < -0.39 is 42.4 Å². The highest BCUT2D eigenvalue weighted by atomic mass is 16.4. The van der Waals surface area contributed by atoms with Crippen molar-refractivity contribution in [2.75, 3.05) is 0 Å². The van der Waals surface area contributed by atoms with Gasteiger partial charge in [0.1, 0.15) is 12.1 Å². The Morgan fingerprint density at radius 2 is 1.57 bits per heavy atom. The van der Waals surface area contributed by atoms with Crippen LogP contribution >= 0.6 is 0 Å². The molecule has 0 aromatic heterocycles. The Hall–Kier alpha value is -2.58. The van der Waals surface area contributed by atoms with E-state index >= 15 is 0 Å². The second-order valence-corrected chi connectivity index (χ2v) is 5.98. The Labute approximate surface area is 133 Å². The fraction of sp³-hybridized carbons (Fsp3) is 0.571. The smallest absolute Gasteiger partial charge is 0.330 e. The summed E-state index contributed by atoms with van der Waals surface area (Å²) < 4.78 is 0. The number of nitrogens with one attached hydrogen (secondary N) is 2. The first-order valence-electron chi connectivity index (χ1n) is 6.86. The number of hydrogen-bond donors (Lipinski definition) is 5. The molecule has 23 heavy (non-hydrogen) atoms. The molecule has 0 radical (unpaired) electrons. The topological polar surface area (TPSA) is 153 Å². The molecular weight excluding hydrogens is 308 g/mol. The highest BCUT2D eigenvalue weighted by Gasteiger charge is 2.24.